The highest BCUT2D eigenvalue weighted by molar-refractivity contribution is 5.75. The Morgan fingerprint density at radius 1 is 1.04 bits per heavy atom. The third kappa shape index (κ3) is 4.14. The lowest BCUT2D eigenvalue weighted by atomic mass is 9.98. The average molecular weight is 375 g/mol. The van der Waals surface area contributed by atoms with Gasteiger partial charge in [0.1, 0.15) is 0 Å². The van der Waals surface area contributed by atoms with E-state index in [-0.39, 0.29) is 6.03 Å². The standard InChI is InChI=1S/C20H34N6O/c1-15-12-16(2)26(22-15)19-13-25(14-19)20(27)21-17-4-10-24(11-5-17)18-6-8-23(3)9-7-18/h12,17-19H,4-11,13-14H2,1-3H3,(H,21,27). The van der Waals surface area contributed by atoms with Crippen molar-refractivity contribution >= 4 is 6.03 Å². The van der Waals surface area contributed by atoms with Crippen molar-refractivity contribution in [3.8, 4) is 0 Å². The van der Waals surface area contributed by atoms with Gasteiger partial charge >= 0.3 is 6.03 Å². The number of aromatic nitrogens is 2. The van der Waals surface area contributed by atoms with Gasteiger partial charge in [-0.05, 0) is 65.7 Å². The van der Waals surface area contributed by atoms with Gasteiger partial charge in [0.2, 0.25) is 0 Å². The summed E-state index contributed by atoms with van der Waals surface area (Å²) in [4.78, 5) is 19.5. The minimum absolute atomic E-state index is 0.102. The normalized spacial score (nSPS) is 24.2. The van der Waals surface area contributed by atoms with Gasteiger partial charge in [-0.1, -0.05) is 0 Å². The van der Waals surface area contributed by atoms with Crippen molar-refractivity contribution in [1.82, 2.24) is 29.8 Å². The van der Waals surface area contributed by atoms with Crippen LogP contribution in [0, 0.1) is 13.8 Å². The van der Waals surface area contributed by atoms with Gasteiger partial charge in [0, 0.05) is 44.0 Å². The van der Waals surface area contributed by atoms with Crippen LogP contribution in [0.25, 0.3) is 0 Å². The molecule has 4 heterocycles. The molecule has 0 atom stereocenters. The quantitative estimate of drug-likeness (QED) is 0.874. The SMILES string of the molecule is Cc1cc(C)n(C2CN(C(=O)NC3CCN(C4CCN(C)CC4)CC3)C2)n1. The fourth-order valence-corrected chi connectivity index (χ4v) is 4.83. The Morgan fingerprint density at radius 2 is 1.70 bits per heavy atom. The van der Waals surface area contributed by atoms with Gasteiger partial charge in [-0.15, -0.1) is 0 Å². The zero-order chi connectivity index (χ0) is 19.0. The van der Waals surface area contributed by atoms with E-state index in [1.165, 1.54) is 31.6 Å². The molecule has 3 saturated heterocycles. The molecule has 0 bridgehead atoms. The molecule has 1 aromatic rings. The monoisotopic (exact) mass is 374 g/mol. The van der Waals surface area contributed by atoms with E-state index in [0.29, 0.717) is 12.1 Å². The van der Waals surface area contributed by atoms with Crippen molar-refractivity contribution in [3.63, 3.8) is 0 Å². The average Bonchev–Trinajstić information content (AvgIpc) is 2.93. The molecule has 1 aromatic heterocycles. The largest absolute Gasteiger partial charge is 0.335 e. The van der Waals surface area contributed by atoms with Crippen LogP contribution in [0.4, 0.5) is 4.79 Å². The van der Waals surface area contributed by atoms with Crippen molar-refractivity contribution in [2.75, 3.05) is 46.3 Å². The van der Waals surface area contributed by atoms with E-state index in [4.69, 9.17) is 0 Å². The fourth-order valence-electron chi connectivity index (χ4n) is 4.83. The molecule has 0 spiro atoms. The molecule has 27 heavy (non-hydrogen) atoms. The lowest BCUT2D eigenvalue weighted by molar-refractivity contribution is 0.0859. The number of hydrogen-bond donors (Lipinski definition) is 1. The van der Waals surface area contributed by atoms with Crippen LogP contribution in [-0.4, -0.2) is 88.9 Å². The van der Waals surface area contributed by atoms with Gasteiger partial charge in [-0.2, -0.15) is 5.10 Å². The van der Waals surface area contributed by atoms with Crippen molar-refractivity contribution in [1.29, 1.82) is 0 Å². The Labute approximate surface area is 162 Å². The summed E-state index contributed by atoms with van der Waals surface area (Å²) in [6, 6.07) is 3.60. The number of nitrogens with one attached hydrogen (secondary N) is 1. The molecular weight excluding hydrogens is 340 g/mol. The Balaban J connectivity index is 1.19. The van der Waals surface area contributed by atoms with Crippen molar-refractivity contribution in [3.05, 3.63) is 17.5 Å². The lowest BCUT2D eigenvalue weighted by Gasteiger charge is -2.43. The smallest absolute Gasteiger partial charge is 0.317 e. The van der Waals surface area contributed by atoms with Crippen LogP contribution >= 0.6 is 0 Å². The van der Waals surface area contributed by atoms with Crippen LogP contribution in [0.2, 0.25) is 0 Å². The van der Waals surface area contributed by atoms with E-state index in [2.05, 4.69) is 44.9 Å². The Bertz CT molecular complexity index is 651. The van der Waals surface area contributed by atoms with Crippen LogP contribution in [-0.2, 0) is 0 Å². The molecule has 7 heteroatoms. The first-order valence-electron chi connectivity index (χ1n) is 10.5. The summed E-state index contributed by atoms with van der Waals surface area (Å²) in [6.45, 7) is 10.3. The van der Waals surface area contributed by atoms with Crippen LogP contribution in [0.1, 0.15) is 43.1 Å². The molecule has 1 N–H and O–H groups in total. The molecule has 3 aliphatic heterocycles. The highest BCUT2D eigenvalue weighted by Crippen LogP contribution is 2.24. The summed E-state index contributed by atoms with van der Waals surface area (Å²) < 4.78 is 2.07. The maximum atomic E-state index is 12.5. The third-order valence-electron chi connectivity index (χ3n) is 6.60. The summed E-state index contributed by atoms with van der Waals surface area (Å²) in [6.07, 6.45) is 4.73. The summed E-state index contributed by atoms with van der Waals surface area (Å²) in [5, 5.41) is 7.81. The van der Waals surface area contributed by atoms with Gasteiger partial charge in [0.05, 0.1) is 11.7 Å². The zero-order valence-corrected chi connectivity index (χ0v) is 17.0. The number of urea groups is 1. The molecule has 0 saturated carbocycles. The molecule has 3 aliphatic rings. The Hall–Kier alpha value is -1.60. The first-order chi connectivity index (χ1) is 13.0. The van der Waals surface area contributed by atoms with Crippen molar-refractivity contribution < 1.29 is 4.79 Å². The number of carbonyl (C=O) groups excluding carboxylic acids is 1. The van der Waals surface area contributed by atoms with E-state index in [1.807, 2.05) is 11.8 Å². The molecule has 150 valence electrons. The van der Waals surface area contributed by atoms with Gasteiger partial charge in [-0.3, -0.25) is 4.68 Å². The van der Waals surface area contributed by atoms with Gasteiger partial charge < -0.3 is 20.0 Å². The van der Waals surface area contributed by atoms with E-state index >= 15 is 0 Å². The topological polar surface area (TPSA) is 56.6 Å². The highest BCUT2D eigenvalue weighted by Gasteiger charge is 2.35. The second-order valence-electron chi connectivity index (χ2n) is 8.72. The lowest BCUT2D eigenvalue weighted by Crippen LogP contribution is -2.58. The van der Waals surface area contributed by atoms with Crippen molar-refractivity contribution in [2.24, 2.45) is 0 Å². The van der Waals surface area contributed by atoms with Gasteiger partial charge in [0.15, 0.2) is 0 Å². The second-order valence-corrected chi connectivity index (χ2v) is 8.72. The molecule has 3 fully saturated rings. The zero-order valence-electron chi connectivity index (χ0n) is 17.0. The Morgan fingerprint density at radius 3 is 2.30 bits per heavy atom. The number of hydrogen-bond acceptors (Lipinski definition) is 4. The number of piperidine rings is 2. The van der Waals surface area contributed by atoms with Crippen LogP contribution < -0.4 is 5.32 Å². The summed E-state index contributed by atoms with van der Waals surface area (Å²) in [7, 11) is 2.22. The van der Waals surface area contributed by atoms with Gasteiger partial charge in [0.25, 0.3) is 0 Å². The second kappa shape index (κ2) is 7.80. The number of carbonyl (C=O) groups is 1. The van der Waals surface area contributed by atoms with Crippen LogP contribution in [0.15, 0.2) is 6.07 Å². The summed E-state index contributed by atoms with van der Waals surface area (Å²) in [5.74, 6) is 0. The van der Waals surface area contributed by atoms with E-state index in [9.17, 15) is 4.79 Å². The molecular formula is C20H34N6O. The summed E-state index contributed by atoms with van der Waals surface area (Å²) >= 11 is 0. The van der Waals surface area contributed by atoms with Crippen LogP contribution in [0.3, 0.4) is 0 Å². The summed E-state index contributed by atoms with van der Waals surface area (Å²) in [5.41, 5.74) is 2.23. The van der Waals surface area contributed by atoms with Crippen LogP contribution in [0.5, 0.6) is 0 Å². The minimum Gasteiger partial charge on any atom is -0.335 e. The molecule has 0 aliphatic carbocycles. The molecule has 2 amide bonds. The van der Waals surface area contributed by atoms with E-state index in [0.717, 1.165) is 50.8 Å². The maximum Gasteiger partial charge on any atom is 0.317 e. The first kappa shape index (κ1) is 18.7. The minimum atomic E-state index is 0.102. The predicted molar refractivity (Wildman–Crippen MR) is 106 cm³/mol. The molecule has 4 rings (SSSR count). The van der Waals surface area contributed by atoms with Gasteiger partial charge in [-0.25, -0.2) is 4.79 Å². The first-order valence-corrected chi connectivity index (χ1v) is 10.5. The Kier molecular flexibility index (Phi) is 5.41. The number of aryl methyl sites for hydroxylation is 2. The maximum absolute atomic E-state index is 12.5. The third-order valence-corrected chi connectivity index (χ3v) is 6.60. The van der Waals surface area contributed by atoms with E-state index < -0.39 is 0 Å². The van der Waals surface area contributed by atoms with Crippen molar-refractivity contribution in [2.45, 2.75) is 57.7 Å². The number of rotatable bonds is 3. The predicted octanol–water partition coefficient (Wildman–Crippen LogP) is 1.62. The molecule has 0 radical (unpaired) electrons. The molecule has 0 aromatic carbocycles. The fraction of sp³-hybridized carbons (Fsp3) is 0.800. The number of amides is 2. The number of nitrogens with zero attached hydrogens (tertiary/aromatic N) is 5. The molecule has 7 nitrogen and oxygen atoms in total. The number of likely N-dealkylation sites (tertiary alicyclic amines) is 3. The highest BCUT2D eigenvalue weighted by atomic mass is 16.2. The molecule has 0 unspecified atom stereocenters. The van der Waals surface area contributed by atoms with E-state index in [1.54, 1.807) is 0 Å².